The largest absolute Gasteiger partial charge is 0.356 e. The van der Waals surface area contributed by atoms with Crippen molar-refractivity contribution < 1.29 is 14.4 Å². The molecule has 1 aromatic rings. The number of nitrogens with zero attached hydrogens (tertiary/aromatic N) is 3. The van der Waals surface area contributed by atoms with Crippen LogP contribution in [0.1, 0.15) is 74.6 Å². The van der Waals surface area contributed by atoms with E-state index >= 15 is 0 Å². The van der Waals surface area contributed by atoms with Crippen LogP contribution in [0.25, 0.3) is 0 Å². The summed E-state index contributed by atoms with van der Waals surface area (Å²) in [5.41, 5.74) is 0.777. The highest BCUT2D eigenvalue weighted by Crippen LogP contribution is 2.43. The molecule has 4 heterocycles. The van der Waals surface area contributed by atoms with E-state index in [1.807, 2.05) is 35.2 Å². The van der Waals surface area contributed by atoms with Gasteiger partial charge in [-0.25, -0.2) is 0 Å². The molecule has 7 heteroatoms. The maximum Gasteiger partial charge on any atom is 0.254 e. The molecule has 4 atom stereocenters. The third-order valence-electron chi connectivity index (χ3n) is 8.96. The minimum atomic E-state index is 0.0836. The average Bonchev–Trinajstić information content (AvgIpc) is 3.32. The normalized spacial score (nSPS) is 28.2. The van der Waals surface area contributed by atoms with Crippen molar-refractivity contribution in [1.82, 2.24) is 20.0 Å². The van der Waals surface area contributed by atoms with Gasteiger partial charge in [0, 0.05) is 56.7 Å². The van der Waals surface area contributed by atoms with Crippen molar-refractivity contribution in [2.75, 3.05) is 39.3 Å². The van der Waals surface area contributed by atoms with Crippen molar-refractivity contribution in [2.24, 2.45) is 11.8 Å². The first-order valence-corrected chi connectivity index (χ1v) is 14.3. The zero-order chi connectivity index (χ0) is 24.9. The Bertz CT molecular complexity index is 920. The standard InChI is InChI=1S/C29H42N4O3/c34-26(30-16-8-20-31-17-7-15-27(31)35)14-4-13-25-24-12-6-19-32-18-5-11-23(28(24)32)21-33(25)29(36)22-9-2-1-3-10-22/h1-3,9-10,23-25,28H,4-8,11-21H2,(H,30,34)/t23-,24+,25+,28-/m0/s1. The van der Waals surface area contributed by atoms with Crippen molar-refractivity contribution >= 4 is 17.7 Å². The molecule has 0 bridgehead atoms. The van der Waals surface area contributed by atoms with Crippen molar-refractivity contribution in [1.29, 1.82) is 0 Å². The summed E-state index contributed by atoms with van der Waals surface area (Å²) in [5, 5.41) is 3.04. The molecule has 5 rings (SSSR count). The predicted octanol–water partition coefficient (Wildman–Crippen LogP) is 3.30. The number of piperidine rings is 3. The molecule has 0 saturated carbocycles. The summed E-state index contributed by atoms with van der Waals surface area (Å²) in [6.07, 6.45) is 9.45. The van der Waals surface area contributed by atoms with E-state index in [0.717, 1.165) is 50.9 Å². The van der Waals surface area contributed by atoms with Gasteiger partial charge in [0.25, 0.3) is 5.91 Å². The highest BCUT2D eigenvalue weighted by Gasteiger charge is 2.49. The van der Waals surface area contributed by atoms with Crippen LogP contribution in [-0.4, -0.2) is 83.8 Å². The first-order chi connectivity index (χ1) is 17.6. The Morgan fingerprint density at radius 1 is 0.972 bits per heavy atom. The molecule has 7 nitrogen and oxygen atoms in total. The Labute approximate surface area is 215 Å². The smallest absolute Gasteiger partial charge is 0.254 e. The molecule has 4 aliphatic heterocycles. The minimum Gasteiger partial charge on any atom is -0.356 e. The Morgan fingerprint density at radius 2 is 1.78 bits per heavy atom. The van der Waals surface area contributed by atoms with E-state index in [2.05, 4.69) is 15.1 Å². The molecular formula is C29H42N4O3. The number of carbonyl (C=O) groups excluding carboxylic acids is 3. The lowest BCUT2D eigenvalue weighted by atomic mass is 9.69. The molecule has 4 saturated heterocycles. The molecule has 0 unspecified atom stereocenters. The predicted molar refractivity (Wildman–Crippen MR) is 139 cm³/mol. The van der Waals surface area contributed by atoms with E-state index < -0.39 is 0 Å². The summed E-state index contributed by atoms with van der Waals surface area (Å²) < 4.78 is 0. The maximum atomic E-state index is 13.7. The third-order valence-corrected chi connectivity index (χ3v) is 8.96. The van der Waals surface area contributed by atoms with E-state index in [4.69, 9.17) is 0 Å². The number of rotatable bonds is 9. The fraction of sp³-hybridized carbons (Fsp3) is 0.690. The molecule has 3 amide bonds. The minimum absolute atomic E-state index is 0.0836. The Kier molecular flexibility index (Phi) is 8.25. The van der Waals surface area contributed by atoms with Crippen LogP contribution >= 0.6 is 0 Å². The highest BCUT2D eigenvalue weighted by atomic mass is 16.2. The van der Waals surface area contributed by atoms with Crippen molar-refractivity contribution in [2.45, 2.75) is 76.3 Å². The number of nitrogens with one attached hydrogen (secondary N) is 1. The number of benzene rings is 1. The van der Waals surface area contributed by atoms with Gasteiger partial charge in [-0.05, 0) is 88.4 Å². The second-order valence-corrected chi connectivity index (χ2v) is 11.2. The van der Waals surface area contributed by atoms with Crippen LogP contribution in [-0.2, 0) is 9.59 Å². The topological polar surface area (TPSA) is 73.0 Å². The molecule has 0 aromatic heterocycles. The maximum absolute atomic E-state index is 13.7. The van der Waals surface area contributed by atoms with Crippen molar-refractivity contribution in [3.8, 4) is 0 Å². The monoisotopic (exact) mass is 494 g/mol. The summed E-state index contributed by atoms with van der Waals surface area (Å²) >= 11 is 0. The van der Waals surface area contributed by atoms with E-state index in [0.29, 0.717) is 37.3 Å². The van der Waals surface area contributed by atoms with Gasteiger partial charge in [-0.2, -0.15) is 0 Å². The highest BCUT2D eigenvalue weighted by molar-refractivity contribution is 5.94. The van der Waals surface area contributed by atoms with E-state index in [1.54, 1.807) is 0 Å². The molecule has 1 N–H and O–H groups in total. The molecule has 4 fully saturated rings. The second kappa shape index (κ2) is 11.8. The molecule has 0 spiro atoms. The van der Waals surface area contributed by atoms with Crippen LogP contribution in [0, 0.1) is 11.8 Å². The van der Waals surface area contributed by atoms with Gasteiger partial charge in [0.1, 0.15) is 0 Å². The molecule has 0 aliphatic carbocycles. The van der Waals surface area contributed by atoms with Crippen molar-refractivity contribution in [3.05, 3.63) is 35.9 Å². The summed E-state index contributed by atoms with van der Waals surface area (Å²) in [7, 11) is 0. The summed E-state index contributed by atoms with van der Waals surface area (Å²) in [5.74, 6) is 1.55. The lowest BCUT2D eigenvalue weighted by Crippen LogP contribution is -2.65. The van der Waals surface area contributed by atoms with Crippen LogP contribution in [0.4, 0.5) is 0 Å². The van der Waals surface area contributed by atoms with E-state index in [-0.39, 0.29) is 23.8 Å². The zero-order valence-corrected chi connectivity index (χ0v) is 21.6. The number of hydrogen-bond donors (Lipinski definition) is 1. The van der Waals surface area contributed by atoms with Crippen LogP contribution in [0.2, 0.25) is 0 Å². The van der Waals surface area contributed by atoms with Gasteiger partial charge in [-0.1, -0.05) is 18.2 Å². The summed E-state index contributed by atoms with van der Waals surface area (Å²) in [6.45, 7) is 5.44. The first kappa shape index (κ1) is 25.2. The van der Waals surface area contributed by atoms with E-state index in [9.17, 15) is 14.4 Å². The van der Waals surface area contributed by atoms with Crippen LogP contribution in [0.15, 0.2) is 30.3 Å². The number of carbonyl (C=O) groups is 3. The lowest BCUT2D eigenvalue weighted by molar-refractivity contribution is -0.127. The van der Waals surface area contributed by atoms with Gasteiger partial charge in [0.05, 0.1) is 0 Å². The van der Waals surface area contributed by atoms with Gasteiger partial charge >= 0.3 is 0 Å². The summed E-state index contributed by atoms with van der Waals surface area (Å²) in [4.78, 5) is 44.7. The van der Waals surface area contributed by atoms with Crippen molar-refractivity contribution in [3.63, 3.8) is 0 Å². The number of likely N-dealkylation sites (tertiary alicyclic amines) is 2. The van der Waals surface area contributed by atoms with Gasteiger partial charge in [-0.3, -0.25) is 19.3 Å². The van der Waals surface area contributed by atoms with E-state index in [1.165, 1.54) is 38.8 Å². The van der Waals surface area contributed by atoms with Gasteiger partial charge in [0.2, 0.25) is 11.8 Å². The van der Waals surface area contributed by atoms with Gasteiger partial charge < -0.3 is 15.1 Å². The zero-order valence-electron chi connectivity index (χ0n) is 21.6. The molecule has 4 aliphatic rings. The van der Waals surface area contributed by atoms with Crippen LogP contribution in [0.3, 0.4) is 0 Å². The molecule has 196 valence electrons. The number of amides is 3. The fourth-order valence-electron chi connectivity index (χ4n) is 7.34. The second-order valence-electron chi connectivity index (χ2n) is 11.2. The van der Waals surface area contributed by atoms with Crippen LogP contribution in [0.5, 0.6) is 0 Å². The average molecular weight is 495 g/mol. The summed E-state index contributed by atoms with van der Waals surface area (Å²) in [6, 6.07) is 10.5. The lowest BCUT2D eigenvalue weighted by Gasteiger charge is -2.57. The molecule has 1 aromatic carbocycles. The number of hydrogen-bond acceptors (Lipinski definition) is 4. The van der Waals surface area contributed by atoms with Gasteiger partial charge in [0.15, 0.2) is 0 Å². The molecule has 36 heavy (non-hydrogen) atoms. The molecular weight excluding hydrogens is 452 g/mol. The SMILES string of the molecule is O=C(CCC[C@@H]1[C@H]2CCCN3CCC[C@@H](CN1C(=O)c1ccccc1)[C@@H]23)NCCCN1CCCC1=O. The first-order valence-electron chi connectivity index (χ1n) is 14.3. The quantitative estimate of drug-likeness (QED) is 0.535. The Morgan fingerprint density at radius 3 is 2.56 bits per heavy atom. The Hall–Kier alpha value is -2.41. The fourth-order valence-corrected chi connectivity index (χ4v) is 7.34. The Balaban J connectivity index is 1.17. The third kappa shape index (κ3) is 5.61. The molecule has 0 radical (unpaired) electrons. The van der Waals surface area contributed by atoms with Crippen LogP contribution < -0.4 is 5.32 Å². The van der Waals surface area contributed by atoms with Gasteiger partial charge in [-0.15, -0.1) is 0 Å².